The average Bonchev–Trinajstić information content (AvgIpc) is 2.92. The SMILES string of the molecule is COc1cccc(C(=N)C2=C(NCc3cc4cccc(C)c4c(=O)n3-c3cccnc3C)NCN=C2N)c1. The van der Waals surface area contributed by atoms with Crippen molar-refractivity contribution < 1.29 is 4.74 Å². The summed E-state index contributed by atoms with van der Waals surface area (Å²) in [5.41, 5.74) is 10.6. The molecule has 0 amide bonds. The van der Waals surface area contributed by atoms with Gasteiger partial charge in [0.15, 0.2) is 0 Å². The largest absolute Gasteiger partial charge is 0.497 e. The number of nitrogens with two attached hydrogens (primary N) is 1. The van der Waals surface area contributed by atoms with E-state index in [2.05, 4.69) is 20.6 Å². The lowest BCUT2D eigenvalue weighted by molar-refractivity contribution is 0.414. The van der Waals surface area contributed by atoms with E-state index >= 15 is 0 Å². The van der Waals surface area contributed by atoms with E-state index in [-0.39, 0.29) is 30.3 Å². The van der Waals surface area contributed by atoms with Crippen LogP contribution in [0.1, 0.15) is 22.5 Å². The van der Waals surface area contributed by atoms with Gasteiger partial charge in [-0.1, -0.05) is 30.3 Å². The summed E-state index contributed by atoms with van der Waals surface area (Å²) in [6.07, 6.45) is 1.71. The maximum atomic E-state index is 13.8. The molecule has 192 valence electrons. The molecular weight excluding hydrogens is 478 g/mol. The average molecular weight is 508 g/mol. The Morgan fingerprint density at radius 3 is 2.76 bits per heavy atom. The van der Waals surface area contributed by atoms with E-state index in [4.69, 9.17) is 15.9 Å². The molecule has 9 nitrogen and oxygen atoms in total. The predicted molar refractivity (Wildman–Crippen MR) is 150 cm³/mol. The maximum absolute atomic E-state index is 13.8. The summed E-state index contributed by atoms with van der Waals surface area (Å²) in [6.45, 7) is 4.39. The van der Waals surface area contributed by atoms with Gasteiger partial charge in [0.2, 0.25) is 0 Å². The molecule has 5 N–H and O–H groups in total. The van der Waals surface area contributed by atoms with Gasteiger partial charge in [0.1, 0.15) is 24.1 Å². The van der Waals surface area contributed by atoms with Gasteiger partial charge in [0, 0.05) is 17.5 Å². The molecule has 0 bridgehead atoms. The maximum Gasteiger partial charge on any atom is 0.263 e. The van der Waals surface area contributed by atoms with Gasteiger partial charge in [-0.2, -0.15) is 0 Å². The van der Waals surface area contributed by atoms with Crippen molar-refractivity contribution in [2.24, 2.45) is 10.7 Å². The number of methoxy groups -OCH3 is 1. The summed E-state index contributed by atoms with van der Waals surface area (Å²) < 4.78 is 7.03. The van der Waals surface area contributed by atoms with Crippen LogP contribution in [0.3, 0.4) is 0 Å². The minimum atomic E-state index is -0.107. The first-order valence-corrected chi connectivity index (χ1v) is 12.2. The third-order valence-electron chi connectivity index (χ3n) is 6.62. The molecule has 3 heterocycles. The normalized spacial score (nSPS) is 13.2. The fourth-order valence-electron chi connectivity index (χ4n) is 4.70. The van der Waals surface area contributed by atoms with E-state index in [0.717, 1.165) is 28.0 Å². The van der Waals surface area contributed by atoms with Crippen LogP contribution in [-0.2, 0) is 6.54 Å². The molecule has 0 radical (unpaired) electrons. The molecule has 0 fully saturated rings. The second-order valence-corrected chi connectivity index (χ2v) is 9.01. The number of amidine groups is 1. The molecule has 1 aliphatic heterocycles. The third-order valence-corrected chi connectivity index (χ3v) is 6.62. The third kappa shape index (κ3) is 4.50. The Kier molecular flexibility index (Phi) is 6.66. The van der Waals surface area contributed by atoms with Crippen LogP contribution in [0.4, 0.5) is 0 Å². The van der Waals surface area contributed by atoms with Gasteiger partial charge in [0.25, 0.3) is 5.56 Å². The second kappa shape index (κ2) is 10.2. The zero-order chi connectivity index (χ0) is 26.8. The second-order valence-electron chi connectivity index (χ2n) is 9.01. The van der Waals surface area contributed by atoms with Crippen molar-refractivity contribution in [3.8, 4) is 11.4 Å². The molecule has 2 aromatic heterocycles. The molecule has 0 saturated heterocycles. The highest BCUT2D eigenvalue weighted by molar-refractivity contribution is 6.28. The lowest BCUT2D eigenvalue weighted by atomic mass is 10.0. The van der Waals surface area contributed by atoms with Gasteiger partial charge >= 0.3 is 0 Å². The van der Waals surface area contributed by atoms with E-state index in [0.29, 0.717) is 28.1 Å². The summed E-state index contributed by atoms with van der Waals surface area (Å²) >= 11 is 0. The summed E-state index contributed by atoms with van der Waals surface area (Å²) in [4.78, 5) is 22.5. The lowest BCUT2D eigenvalue weighted by Gasteiger charge is -2.24. The van der Waals surface area contributed by atoms with Crippen LogP contribution < -0.4 is 26.7 Å². The number of nitrogens with zero attached hydrogens (tertiary/aromatic N) is 3. The molecule has 2 aromatic carbocycles. The van der Waals surface area contributed by atoms with Crippen molar-refractivity contribution in [3.63, 3.8) is 0 Å². The Morgan fingerprint density at radius 2 is 1.97 bits per heavy atom. The number of aryl methyl sites for hydroxylation is 2. The van der Waals surface area contributed by atoms with E-state index in [1.807, 2.05) is 68.4 Å². The highest BCUT2D eigenvalue weighted by atomic mass is 16.5. The number of pyridine rings is 2. The minimum absolute atomic E-state index is 0.107. The molecule has 0 spiro atoms. The number of hydrogen-bond acceptors (Lipinski definition) is 8. The fraction of sp³-hybridized carbons (Fsp3) is 0.172. The number of hydrogen-bond donors (Lipinski definition) is 4. The van der Waals surface area contributed by atoms with Crippen molar-refractivity contribution in [3.05, 3.63) is 111 Å². The Morgan fingerprint density at radius 1 is 1.16 bits per heavy atom. The number of benzene rings is 2. The predicted octanol–water partition coefficient (Wildman–Crippen LogP) is 3.30. The van der Waals surface area contributed by atoms with Gasteiger partial charge in [-0.05, 0) is 55.1 Å². The van der Waals surface area contributed by atoms with Crippen LogP contribution in [0, 0.1) is 19.3 Å². The van der Waals surface area contributed by atoms with Crippen molar-refractivity contribution in [1.82, 2.24) is 20.2 Å². The van der Waals surface area contributed by atoms with E-state index in [1.165, 1.54) is 0 Å². The number of rotatable bonds is 7. The quantitative estimate of drug-likeness (QED) is 0.284. The van der Waals surface area contributed by atoms with Crippen LogP contribution >= 0.6 is 0 Å². The Bertz CT molecular complexity index is 1680. The molecule has 9 heteroatoms. The van der Waals surface area contributed by atoms with Gasteiger partial charge in [0.05, 0.1) is 41.7 Å². The lowest BCUT2D eigenvalue weighted by Crippen LogP contribution is -2.39. The molecule has 4 aromatic rings. The van der Waals surface area contributed by atoms with E-state index < -0.39 is 0 Å². The van der Waals surface area contributed by atoms with Gasteiger partial charge < -0.3 is 21.1 Å². The van der Waals surface area contributed by atoms with Gasteiger partial charge in [-0.3, -0.25) is 19.8 Å². The van der Waals surface area contributed by atoms with Crippen molar-refractivity contribution >= 4 is 22.3 Å². The number of fused-ring (bicyclic) bond motifs is 1. The Labute approximate surface area is 220 Å². The molecule has 38 heavy (non-hydrogen) atoms. The summed E-state index contributed by atoms with van der Waals surface area (Å²) in [5.74, 6) is 1.47. The highest BCUT2D eigenvalue weighted by Crippen LogP contribution is 2.22. The summed E-state index contributed by atoms with van der Waals surface area (Å²) in [6, 6.07) is 18.8. The Balaban J connectivity index is 1.60. The van der Waals surface area contributed by atoms with Crippen LogP contribution in [0.15, 0.2) is 88.0 Å². The number of nitrogens with one attached hydrogen (secondary N) is 3. The number of aliphatic imine (C=N–C) groups is 1. The van der Waals surface area contributed by atoms with Gasteiger partial charge in [-0.15, -0.1) is 0 Å². The van der Waals surface area contributed by atoms with Crippen LogP contribution in [-0.4, -0.2) is 34.9 Å². The van der Waals surface area contributed by atoms with Crippen LogP contribution in [0.25, 0.3) is 16.5 Å². The highest BCUT2D eigenvalue weighted by Gasteiger charge is 2.22. The summed E-state index contributed by atoms with van der Waals surface area (Å²) in [5, 5.41) is 17.0. The first-order valence-electron chi connectivity index (χ1n) is 12.2. The molecule has 1 aliphatic rings. The first-order chi connectivity index (χ1) is 18.4. The van der Waals surface area contributed by atoms with E-state index in [9.17, 15) is 4.79 Å². The molecule has 5 rings (SSSR count). The molecule has 0 atom stereocenters. The topological polar surface area (TPSA) is 130 Å². The smallest absolute Gasteiger partial charge is 0.263 e. The number of aromatic nitrogens is 2. The molecule has 0 aliphatic carbocycles. The zero-order valence-electron chi connectivity index (χ0n) is 21.5. The zero-order valence-corrected chi connectivity index (χ0v) is 21.5. The number of ether oxygens (including phenoxy) is 1. The van der Waals surface area contributed by atoms with Crippen molar-refractivity contribution in [1.29, 1.82) is 5.41 Å². The molecular formula is C29H29N7O2. The van der Waals surface area contributed by atoms with Crippen molar-refractivity contribution in [2.45, 2.75) is 20.4 Å². The summed E-state index contributed by atoms with van der Waals surface area (Å²) in [7, 11) is 1.58. The van der Waals surface area contributed by atoms with Crippen LogP contribution in [0.2, 0.25) is 0 Å². The molecule has 0 unspecified atom stereocenters. The van der Waals surface area contributed by atoms with Crippen LogP contribution in [0.5, 0.6) is 5.75 Å². The van der Waals surface area contributed by atoms with Crippen molar-refractivity contribution in [2.75, 3.05) is 13.8 Å². The molecule has 0 saturated carbocycles. The minimum Gasteiger partial charge on any atom is -0.497 e. The Hall–Kier alpha value is -4.92. The standard InChI is InChI=1S/C29H29N7O2/c1-17-7-4-8-19-13-21(36(29(37)24(17)19)23-11-6-12-32-18(23)2)15-33-28-25(27(31)34-16-35-28)26(30)20-9-5-10-22(14-20)38-3/h4-14,30,33,35H,15-16H2,1-3H3,(H2,31,34). The first kappa shape index (κ1) is 24.8. The monoisotopic (exact) mass is 507 g/mol. The fourth-order valence-corrected chi connectivity index (χ4v) is 4.70. The van der Waals surface area contributed by atoms with E-state index in [1.54, 1.807) is 23.9 Å². The van der Waals surface area contributed by atoms with Gasteiger partial charge in [-0.25, -0.2) is 4.99 Å².